The average Bonchev–Trinajstić information content (AvgIpc) is 2.68. The Bertz CT molecular complexity index is 860. The summed E-state index contributed by atoms with van der Waals surface area (Å²) < 4.78 is 0. The van der Waals surface area contributed by atoms with Crippen LogP contribution in [0.3, 0.4) is 0 Å². The predicted octanol–water partition coefficient (Wildman–Crippen LogP) is 4.67. The topological polar surface area (TPSA) is 45.2 Å². The normalized spacial score (nSPS) is 10.4. The van der Waals surface area contributed by atoms with Gasteiger partial charge < -0.3 is 10.2 Å². The number of aryl methyl sites for hydroxylation is 1. The van der Waals surface area contributed by atoms with Gasteiger partial charge in [0, 0.05) is 18.7 Å². The Labute approximate surface area is 154 Å². The van der Waals surface area contributed by atoms with E-state index < -0.39 is 0 Å². The van der Waals surface area contributed by atoms with E-state index in [1.807, 2.05) is 61.5 Å². The van der Waals surface area contributed by atoms with Gasteiger partial charge in [-0.3, -0.25) is 4.79 Å². The van der Waals surface area contributed by atoms with Gasteiger partial charge >= 0.3 is 0 Å². The SMILES string of the molecule is CCN(Cc1ccccc1)c1ccc(NC(=O)c2ccccc2C)cn1. The lowest BCUT2D eigenvalue weighted by molar-refractivity contribution is 0.102. The molecule has 0 spiro atoms. The Hall–Kier alpha value is -3.14. The fraction of sp³-hybridized carbons (Fsp3) is 0.182. The fourth-order valence-electron chi connectivity index (χ4n) is 2.83. The summed E-state index contributed by atoms with van der Waals surface area (Å²) in [6, 6.07) is 21.7. The molecule has 0 atom stereocenters. The lowest BCUT2D eigenvalue weighted by atomic mass is 10.1. The van der Waals surface area contributed by atoms with Gasteiger partial charge in [-0.1, -0.05) is 48.5 Å². The highest BCUT2D eigenvalue weighted by atomic mass is 16.1. The van der Waals surface area contributed by atoms with Crippen LogP contribution in [0.4, 0.5) is 11.5 Å². The van der Waals surface area contributed by atoms with Gasteiger partial charge in [0.15, 0.2) is 0 Å². The van der Waals surface area contributed by atoms with Gasteiger partial charge in [-0.15, -0.1) is 0 Å². The number of amides is 1. The summed E-state index contributed by atoms with van der Waals surface area (Å²) >= 11 is 0. The summed E-state index contributed by atoms with van der Waals surface area (Å²) in [5, 5.41) is 2.91. The van der Waals surface area contributed by atoms with E-state index in [9.17, 15) is 4.79 Å². The van der Waals surface area contributed by atoms with Crippen LogP contribution >= 0.6 is 0 Å². The summed E-state index contributed by atoms with van der Waals surface area (Å²) in [5.41, 5.74) is 3.57. The lowest BCUT2D eigenvalue weighted by Gasteiger charge is -2.22. The molecule has 2 aromatic carbocycles. The summed E-state index contributed by atoms with van der Waals surface area (Å²) in [7, 11) is 0. The first-order valence-electron chi connectivity index (χ1n) is 8.79. The number of anilines is 2. The van der Waals surface area contributed by atoms with Crippen LogP contribution in [0.1, 0.15) is 28.4 Å². The molecular weight excluding hydrogens is 322 g/mol. The number of pyridine rings is 1. The van der Waals surface area contributed by atoms with Crippen LogP contribution in [0.15, 0.2) is 72.9 Å². The molecule has 3 aromatic rings. The minimum Gasteiger partial charge on any atom is -0.353 e. The van der Waals surface area contributed by atoms with Crippen LogP contribution in [0, 0.1) is 6.92 Å². The van der Waals surface area contributed by atoms with Crippen molar-refractivity contribution in [3.8, 4) is 0 Å². The highest BCUT2D eigenvalue weighted by molar-refractivity contribution is 6.05. The first kappa shape index (κ1) is 17.7. The van der Waals surface area contributed by atoms with Gasteiger partial charge in [0.25, 0.3) is 5.91 Å². The molecule has 0 bridgehead atoms. The van der Waals surface area contributed by atoms with E-state index in [1.165, 1.54) is 5.56 Å². The zero-order valence-electron chi connectivity index (χ0n) is 15.1. The van der Waals surface area contributed by atoms with Crippen molar-refractivity contribution in [3.63, 3.8) is 0 Å². The molecule has 26 heavy (non-hydrogen) atoms. The van der Waals surface area contributed by atoms with E-state index in [4.69, 9.17) is 0 Å². The number of nitrogens with one attached hydrogen (secondary N) is 1. The molecule has 4 nitrogen and oxygen atoms in total. The number of hydrogen-bond acceptors (Lipinski definition) is 3. The van der Waals surface area contributed by atoms with E-state index in [-0.39, 0.29) is 5.91 Å². The number of rotatable bonds is 6. The van der Waals surface area contributed by atoms with Crippen LogP contribution in [0.25, 0.3) is 0 Å². The van der Waals surface area contributed by atoms with Gasteiger partial charge in [-0.05, 0) is 43.2 Å². The minimum atomic E-state index is -0.116. The van der Waals surface area contributed by atoms with Crippen LogP contribution in [0.2, 0.25) is 0 Å². The van der Waals surface area contributed by atoms with Crippen molar-refractivity contribution in [2.45, 2.75) is 20.4 Å². The highest BCUT2D eigenvalue weighted by Crippen LogP contribution is 2.18. The maximum atomic E-state index is 12.4. The maximum absolute atomic E-state index is 12.4. The Morgan fingerprint density at radius 3 is 2.38 bits per heavy atom. The third-order valence-electron chi connectivity index (χ3n) is 4.32. The second-order valence-corrected chi connectivity index (χ2v) is 6.17. The smallest absolute Gasteiger partial charge is 0.255 e. The van der Waals surface area contributed by atoms with E-state index >= 15 is 0 Å². The molecule has 0 radical (unpaired) electrons. The van der Waals surface area contributed by atoms with Crippen molar-refractivity contribution in [2.75, 3.05) is 16.8 Å². The molecule has 4 heteroatoms. The lowest BCUT2D eigenvalue weighted by Crippen LogP contribution is -2.23. The van der Waals surface area contributed by atoms with E-state index in [0.29, 0.717) is 11.3 Å². The molecule has 1 amide bonds. The molecule has 1 heterocycles. The van der Waals surface area contributed by atoms with Gasteiger partial charge in [0.1, 0.15) is 5.82 Å². The molecule has 0 aliphatic carbocycles. The number of carbonyl (C=O) groups excluding carboxylic acids is 1. The number of carbonyl (C=O) groups is 1. The molecule has 132 valence electrons. The van der Waals surface area contributed by atoms with Crippen molar-refractivity contribution in [2.24, 2.45) is 0 Å². The van der Waals surface area contributed by atoms with Gasteiger partial charge in [0.05, 0.1) is 11.9 Å². The van der Waals surface area contributed by atoms with Crippen molar-refractivity contribution in [1.29, 1.82) is 0 Å². The second-order valence-electron chi connectivity index (χ2n) is 6.17. The van der Waals surface area contributed by atoms with Crippen LogP contribution in [-0.2, 0) is 6.54 Å². The minimum absolute atomic E-state index is 0.116. The summed E-state index contributed by atoms with van der Waals surface area (Å²) in [6.07, 6.45) is 1.71. The molecule has 1 aromatic heterocycles. The quantitative estimate of drug-likeness (QED) is 0.706. The summed E-state index contributed by atoms with van der Waals surface area (Å²) in [5.74, 6) is 0.777. The average molecular weight is 345 g/mol. The van der Waals surface area contributed by atoms with E-state index in [1.54, 1.807) is 6.20 Å². The molecule has 3 rings (SSSR count). The van der Waals surface area contributed by atoms with Gasteiger partial charge in [-0.25, -0.2) is 4.98 Å². The first-order valence-corrected chi connectivity index (χ1v) is 8.79. The van der Waals surface area contributed by atoms with Crippen molar-refractivity contribution >= 4 is 17.4 Å². The maximum Gasteiger partial charge on any atom is 0.255 e. The summed E-state index contributed by atoms with van der Waals surface area (Å²) in [4.78, 5) is 19.1. The zero-order valence-corrected chi connectivity index (χ0v) is 15.1. The Kier molecular flexibility index (Phi) is 5.64. The predicted molar refractivity (Wildman–Crippen MR) is 107 cm³/mol. The largest absolute Gasteiger partial charge is 0.353 e. The summed E-state index contributed by atoms with van der Waals surface area (Å²) in [6.45, 7) is 5.70. The Balaban J connectivity index is 1.69. The molecular formula is C22H23N3O. The fourth-order valence-corrected chi connectivity index (χ4v) is 2.83. The Morgan fingerprint density at radius 1 is 1.00 bits per heavy atom. The van der Waals surface area contributed by atoms with Crippen LogP contribution < -0.4 is 10.2 Å². The molecule has 0 saturated carbocycles. The molecule has 1 N–H and O–H groups in total. The van der Waals surface area contributed by atoms with Crippen LogP contribution in [-0.4, -0.2) is 17.4 Å². The van der Waals surface area contributed by atoms with Gasteiger partial charge in [0.2, 0.25) is 0 Å². The van der Waals surface area contributed by atoms with Crippen molar-refractivity contribution in [3.05, 3.63) is 89.6 Å². The number of nitrogens with zero attached hydrogens (tertiary/aromatic N) is 2. The highest BCUT2D eigenvalue weighted by Gasteiger charge is 2.10. The molecule has 0 saturated heterocycles. The zero-order chi connectivity index (χ0) is 18.4. The molecule has 0 fully saturated rings. The molecule has 0 aliphatic heterocycles. The number of hydrogen-bond donors (Lipinski definition) is 1. The van der Waals surface area contributed by atoms with Crippen LogP contribution in [0.5, 0.6) is 0 Å². The molecule has 0 aliphatic rings. The number of aromatic nitrogens is 1. The molecule has 0 unspecified atom stereocenters. The number of benzene rings is 2. The van der Waals surface area contributed by atoms with Gasteiger partial charge in [-0.2, -0.15) is 0 Å². The van der Waals surface area contributed by atoms with E-state index in [2.05, 4.69) is 34.3 Å². The van der Waals surface area contributed by atoms with Crippen molar-refractivity contribution in [1.82, 2.24) is 4.98 Å². The third kappa shape index (κ3) is 4.28. The Morgan fingerprint density at radius 2 is 1.73 bits per heavy atom. The van der Waals surface area contributed by atoms with Crippen molar-refractivity contribution < 1.29 is 4.79 Å². The third-order valence-corrected chi connectivity index (χ3v) is 4.32. The monoisotopic (exact) mass is 345 g/mol. The second kappa shape index (κ2) is 8.30. The first-order chi connectivity index (χ1) is 12.7. The van der Waals surface area contributed by atoms with E-state index in [0.717, 1.165) is 24.5 Å². The standard InChI is InChI=1S/C22H23N3O/c1-3-25(16-18-10-5-4-6-11-18)21-14-13-19(15-23-21)24-22(26)20-12-8-7-9-17(20)2/h4-15H,3,16H2,1-2H3,(H,24,26).